The van der Waals surface area contributed by atoms with Crippen LogP contribution in [0.25, 0.3) is 17.0 Å². The van der Waals surface area contributed by atoms with Crippen LogP contribution in [0.3, 0.4) is 0 Å². The molecule has 1 unspecified atom stereocenters. The maximum Gasteiger partial charge on any atom is 0.325 e. The number of esters is 2. The molecule has 302 valence electrons. The number of hydrogen-bond acceptors (Lipinski definition) is 10. The third-order valence-corrected chi connectivity index (χ3v) is 10.4. The highest BCUT2D eigenvalue weighted by Crippen LogP contribution is 2.30. The molecule has 12 nitrogen and oxygen atoms in total. The van der Waals surface area contributed by atoms with Crippen molar-refractivity contribution in [1.29, 1.82) is 0 Å². The van der Waals surface area contributed by atoms with Gasteiger partial charge >= 0.3 is 11.9 Å². The quantitative estimate of drug-likeness (QED) is 0.144. The summed E-state index contributed by atoms with van der Waals surface area (Å²) in [5, 5.41) is 5.28. The summed E-state index contributed by atoms with van der Waals surface area (Å²) in [6, 6.07) is 7.79. The number of nitrogens with zero attached hydrogens (tertiary/aromatic N) is 2. The minimum Gasteiger partial charge on any atom is -0.460 e. The molecule has 2 aliphatic heterocycles. The SMILES string of the molecule is CC(=O)O[C@H](C)c1ccc2ccc(/C=C/C(C)(C)C(=O)C[C@H](C(=O)NC(CC3CCOCC3)C(=O)N3CCC[C@@H](C(=O)OCC(Cl)(Cl)Cl)N3)C(C)C)cc2n1. The number of alkyl halides is 3. The summed E-state index contributed by atoms with van der Waals surface area (Å²) in [5.74, 6) is -2.71. The number of carbonyl (C=O) groups excluding carboxylic acids is 5. The largest absolute Gasteiger partial charge is 0.460 e. The molecule has 0 aliphatic carbocycles. The topological polar surface area (TPSA) is 153 Å². The van der Waals surface area contributed by atoms with E-state index in [4.69, 9.17) is 49.0 Å². The predicted molar refractivity (Wildman–Crippen MR) is 212 cm³/mol. The second-order valence-electron chi connectivity index (χ2n) is 15.4. The first-order valence-corrected chi connectivity index (χ1v) is 20.0. The first-order chi connectivity index (χ1) is 25.8. The fourth-order valence-corrected chi connectivity index (χ4v) is 6.82. The molecule has 2 N–H and O–H groups in total. The standard InChI is InChI=1S/C40H53Cl3N4O8/c1-24(2)30(22-35(49)39(5,6)16-13-27-9-10-29-11-12-31(44-33(29)20-27)25(3)55-26(4)48)36(50)45-34(21-28-14-18-53-19-15-28)37(51)47-17-7-8-32(46-47)38(52)54-23-40(41,42)43/h9-13,16,20,24-25,28,30,32,34,46H,7-8,14-15,17-19,21-23H2,1-6H3,(H,45,50)/b16-13+/t25-,30+,32+,34?/m1/s1. The zero-order valence-corrected chi connectivity index (χ0v) is 34.6. The molecule has 0 saturated carbocycles. The van der Waals surface area contributed by atoms with E-state index in [1.807, 2.05) is 70.2 Å². The van der Waals surface area contributed by atoms with Gasteiger partial charge in [-0.25, -0.2) is 10.4 Å². The molecule has 2 aromatic rings. The van der Waals surface area contributed by atoms with Crippen molar-refractivity contribution in [2.75, 3.05) is 26.4 Å². The number of pyridine rings is 1. The van der Waals surface area contributed by atoms with E-state index in [9.17, 15) is 24.0 Å². The van der Waals surface area contributed by atoms with E-state index in [0.29, 0.717) is 44.7 Å². The number of aromatic nitrogens is 1. The molecule has 1 aromatic carbocycles. The average Bonchev–Trinajstić information content (AvgIpc) is 3.13. The Kier molecular flexibility index (Phi) is 15.9. The van der Waals surface area contributed by atoms with E-state index in [2.05, 4.69) is 15.7 Å². The molecule has 2 aliphatic rings. The summed E-state index contributed by atoms with van der Waals surface area (Å²) >= 11 is 17.2. The second kappa shape index (κ2) is 19.7. The number of fused-ring (bicyclic) bond motifs is 1. The van der Waals surface area contributed by atoms with Crippen LogP contribution in [0.5, 0.6) is 0 Å². The van der Waals surface area contributed by atoms with E-state index >= 15 is 0 Å². The molecular formula is C40H53Cl3N4O8. The molecule has 2 fully saturated rings. The Morgan fingerprint density at radius 3 is 2.40 bits per heavy atom. The van der Waals surface area contributed by atoms with Gasteiger partial charge in [0.15, 0.2) is 0 Å². The Balaban J connectivity index is 1.46. The summed E-state index contributed by atoms with van der Waals surface area (Å²) < 4.78 is 14.2. The molecule has 1 aromatic heterocycles. The highest BCUT2D eigenvalue weighted by Gasteiger charge is 2.38. The average molecular weight is 824 g/mol. The number of halogens is 3. The number of benzene rings is 1. The van der Waals surface area contributed by atoms with Gasteiger partial charge in [-0.15, -0.1) is 0 Å². The lowest BCUT2D eigenvalue weighted by Gasteiger charge is -2.36. The second-order valence-corrected chi connectivity index (χ2v) is 17.9. The summed E-state index contributed by atoms with van der Waals surface area (Å²) in [6.45, 7) is 11.5. The van der Waals surface area contributed by atoms with Gasteiger partial charge < -0.3 is 19.5 Å². The maximum absolute atomic E-state index is 14.1. The van der Waals surface area contributed by atoms with Gasteiger partial charge in [0.2, 0.25) is 9.70 Å². The van der Waals surface area contributed by atoms with Gasteiger partial charge in [-0.05, 0) is 82.4 Å². The van der Waals surface area contributed by atoms with Crippen LogP contribution >= 0.6 is 34.8 Å². The van der Waals surface area contributed by atoms with Crippen molar-refractivity contribution in [2.24, 2.45) is 23.2 Å². The number of carbonyl (C=O) groups is 5. The molecule has 55 heavy (non-hydrogen) atoms. The summed E-state index contributed by atoms with van der Waals surface area (Å²) in [4.78, 5) is 70.8. The Morgan fingerprint density at radius 2 is 1.75 bits per heavy atom. The van der Waals surface area contributed by atoms with Crippen LogP contribution in [-0.4, -0.2) is 81.8 Å². The van der Waals surface area contributed by atoms with Crippen LogP contribution in [-0.2, 0) is 38.2 Å². The normalized spacial score (nSPS) is 18.9. The van der Waals surface area contributed by atoms with Crippen LogP contribution in [0, 0.1) is 23.2 Å². The number of nitrogens with one attached hydrogen (secondary N) is 2. The number of rotatable bonds is 15. The number of amides is 2. The molecule has 2 saturated heterocycles. The Morgan fingerprint density at radius 1 is 1.05 bits per heavy atom. The fourth-order valence-electron chi connectivity index (χ4n) is 6.65. The summed E-state index contributed by atoms with van der Waals surface area (Å²) in [6.07, 6.45) is 5.96. The summed E-state index contributed by atoms with van der Waals surface area (Å²) in [5.41, 5.74) is 4.22. The highest BCUT2D eigenvalue weighted by atomic mass is 35.6. The number of ketones is 1. The molecule has 0 spiro atoms. The minimum atomic E-state index is -1.77. The number of hydrogen-bond donors (Lipinski definition) is 2. The van der Waals surface area contributed by atoms with Gasteiger partial charge in [0.25, 0.3) is 5.91 Å². The van der Waals surface area contributed by atoms with Crippen molar-refractivity contribution in [2.45, 2.75) is 102 Å². The van der Waals surface area contributed by atoms with Crippen molar-refractivity contribution >= 4 is 81.3 Å². The zero-order valence-electron chi connectivity index (χ0n) is 32.4. The number of ether oxygens (including phenoxy) is 3. The van der Waals surface area contributed by atoms with Crippen molar-refractivity contribution in [1.82, 2.24) is 20.7 Å². The van der Waals surface area contributed by atoms with Gasteiger partial charge in [0.1, 0.15) is 30.6 Å². The lowest BCUT2D eigenvalue weighted by Crippen LogP contribution is -2.60. The van der Waals surface area contributed by atoms with E-state index in [1.54, 1.807) is 6.92 Å². The van der Waals surface area contributed by atoms with Crippen molar-refractivity contribution in [3.8, 4) is 0 Å². The first kappa shape index (κ1) is 44.4. The first-order valence-electron chi connectivity index (χ1n) is 18.8. The Hall–Kier alpha value is -3.29. The van der Waals surface area contributed by atoms with E-state index in [0.717, 1.165) is 29.3 Å². The lowest BCUT2D eigenvalue weighted by atomic mass is 9.79. The van der Waals surface area contributed by atoms with Crippen LogP contribution in [0.1, 0.15) is 97.4 Å². The molecule has 3 heterocycles. The predicted octanol–water partition coefficient (Wildman–Crippen LogP) is 6.84. The molecule has 4 atom stereocenters. The van der Waals surface area contributed by atoms with Crippen molar-refractivity contribution < 1.29 is 38.2 Å². The van der Waals surface area contributed by atoms with E-state index in [1.165, 1.54) is 11.9 Å². The van der Waals surface area contributed by atoms with E-state index in [-0.39, 0.29) is 41.8 Å². The van der Waals surface area contributed by atoms with Gasteiger partial charge in [-0.2, -0.15) is 0 Å². The highest BCUT2D eigenvalue weighted by molar-refractivity contribution is 6.67. The fraction of sp³-hybridized carbons (Fsp3) is 0.600. The number of hydrazine groups is 1. The third kappa shape index (κ3) is 13.4. The minimum absolute atomic E-state index is 0.0330. The van der Waals surface area contributed by atoms with Gasteiger partial charge in [0, 0.05) is 49.8 Å². The van der Waals surface area contributed by atoms with Crippen LogP contribution in [0.4, 0.5) is 0 Å². The molecule has 4 rings (SSSR count). The maximum atomic E-state index is 14.1. The monoisotopic (exact) mass is 822 g/mol. The molecule has 0 radical (unpaired) electrons. The molecular weight excluding hydrogens is 771 g/mol. The molecule has 0 bridgehead atoms. The smallest absolute Gasteiger partial charge is 0.325 e. The molecule has 15 heteroatoms. The Bertz CT molecular complexity index is 1720. The molecule has 2 amide bonds. The van der Waals surface area contributed by atoms with Crippen LogP contribution < -0.4 is 10.7 Å². The number of Topliss-reactive ketones (excluding diaryl/α,β-unsaturated/α-hetero) is 1. The van der Waals surface area contributed by atoms with E-state index < -0.39 is 45.9 Å². The van der Waals surface area contributed by atoms with Gasteiger partial charge in [-0.1, -0.05) is 79.0 Å². The Labute approximate surface area is 338 Å². The van der Waals surface area contributed by atoms with Crippen molar-refractivity contribution in [3.05, 3.63) is 47.7 Å². The zero-order chi connectivity index (χ0) is 40.5. The third-order valence-electron chi connectivity index (χ3n) is 10.1. The van der Waals surface area contributed by atoms with Crippen LogP contribution in [0.15, 0.2) is 36.4 Å². The van der Waals surface area contributed by atoms with Crippen molar-refractivity contribution in [3.63, 3.8) is 0 Å². The van der Waals surface area contributed by atoms with Gasteiger partial charge in [-0.3, -0.25) is 29.0 Å². The summed E-state index contributed by atoms with van der Waals surface area (Å²) in [7, 11) is 0. The lowest BCUT2D eigenvalue weighted by molar-refractivity contribution is -0.153. The number of allylic oxidation sites excluding steroid dienone is 1. The van der Waals surface area contributed by atoms with Gasteiger partial charge in [0.05, 0.1) is 11.2 Å². The van der Waals surface area contributed by atoms with Crippen LogP contribution in [0.2, 0.25) is 0 Å².